The molecule has 1 aromatic carbocycles. The third-order valence-corrected chi connectivity index (χ3v) is 3.14. The second-order valence-corrected chi connectivity index (χ2v) is 4.64. The van der Waals surface area contributed by atoms with E-state index in [0.717, 1.165) is 11.3 Å². The quantitative estimate of drug-likeness (QED) is 0.887. The van der Waals surface area contributed by atoms with Crippen molar-refractivity contribution in [1.82, 2.24) is 10.5 Å². The number of amides is 2. The van der Waals surface area contributed by atoms with Crippen LogP contribution in [0.3, 0.4) is 0 Å². The second-order valence-electron chi connectivity index (χ2n) is 4.64. The molecule has 0 aliphatic carbocycles. The van der Waals surface area contributed by atoms with Gasteiger partial charge in [-0.2, -0.15) is 0 Å². The molecule has 1 aromatic heterocycles. The van der Waals surface area contributed by atoms with Crippen LogP contribution in [0.4, 0.5) is 10.5 Å². The first kappa shape index (κ1) is 14.9. The summed E-state index contributed by atoms with van der Waals surface area (Å²) in [6, 6.07) is 7.47. The molecule has 0 bridgehead atoms. The Hall–Kier alpha value is -2.50. The van der Waals surface area contributed by atoms with E-state index in [9.17, 15) is 4.79 Å². The van der Waals surface area contributed by atoms with Gasteiger partial charge in [-0.3, -0.25) is 0 Å². The standard InChI is InChI=1S/C15H19N3O3/c1-10-14(11(2)21-18-10)17-15(19)16-9-8-12-6-4-5-7-13(12)20-3/h4-7H,8-9H2,1-3H3,(H2,16,17,19). The molecule has 112 valence electrons. The van der Waals surface area contributed by atoms with E-state index in [1.54, 1.807) is 21.0 Å². The van der Waals surface area contributed by atoms with Gasteiger partial charge in [-0.25, -0.2) is 4.79 Å². The number of hydrogen-bond acceptors (Lipinski definition) is 4. The molecule has 2 aromatic rings. The number of carbonyl (C=O) groups is 1. The first-order chi connectivity index (χ1) is 10.1. The maximum Gasteiger partial charge on any atom is 0.319 e. The summed E-state index contributed by atoms with van der Waals surface area (Å²) in [6.07, 6.45) is 0.693. The average molecular weight is 289 g/mol. The topological polar surface area (TPSA) is 76.4 Å². The summed E-state index contributed by atoms with van der Waals surface area (Å²) in [4.78, 5) is 11.8. The van der Waals surface area contributed by atoms with Crippen molar-refractivity contribution >= 4 is 11.7 Å². The number of nitrogens with one attached hydrogen (secondary N) is 2. The molecule has 0 saturated heterocycles. The van der Waals surface area contributed by atoms with Crippen LogP contribution in [-0.4, -0.2) is 24.8 Å². The first-order valence-electron chi connectivity index (χ1n) is 6.71. The Kier molecular flexibility index (Phi) is 4.81. The van der Waals surface area contributed by atoms with Crippen molar-refractivity contribution < 1.29 is 14.1 Å². The summed E-state index contributed by atoms with van der Waals surface area (Å²) in [7, 11) is 1.64. The van der Waals surface area contributed by atoms with Gasteiger partial charge in [0, 0.05) is 6.54 Å². The highest BCUT2D eigenvalue weighted by Crippen LogP contribution is 2.19. The molecule has 0 aliphatic heterocycles. The fourth-order valence-corrected chi connectivity index (χ4v) is 2.04. The molecule has 0 spiro atoms. The molecule has 0 saturated carbocycles. The van der Waals surface area contributed by atoms with Gasteiger partial charge >= 0.3 is 6.03 Å². The molecular weight excluding hydrogens is 270 g/mol. The number of para-hydroxylation sites is 1. The molecule has 2 amide bonds. The second kappa shape index (κ2) is 6.78. The summed E-state index contributed by atoms with van der Waals surface area (Å²) in [5.74, 6) is 1.41. The van der Waals surface area contributed by atoms with E-state index < -0.39 is 0 Å². The van der Waals surface area contributed by atoms with Gasteiger partial charge in [0.2, 0.25) is 0 Å². The number of methoxy groups -OCH3 is 1. The number of anilines is 1. The molecule has 0 fully saturated rings. The van der Waals surface area contributed by atoms with Crippen LogP contribution in [0.1, 0.15) is 17.0 Å². The van der Waals surface area contributed by atoms with E-state index in [1.807, 2.05) is 24.3 Å². The third-order valence-electron chi connectivity index (χ3n) is 3.14. The van der Waals surface area contributed by atoms with Gasteiger partial charge in [-0.05, 0) is 31.9 Å². The summed E-state index contributed by atoms with van der Waals surface area (Å²) in [5.41, 5.74) is 2.33. The summed E-state index contributed by atoms with van der Waals surface area (Å²) in [6.45, 7) is 4.04. The minimum atomic E-state index is -0.278. The molecule has 1 heterocycles. The smallest absolute Gasteiger partial charge is 0.319 e. The molecule has 6 nitrogen and oxygen atoms in total. The lowest BCUT2D eigenvalue weighted by Gasteiger charge is -2.09. The lowest BCUT2D eigenvalue weighted by molar-refractivity contribution is 0.252. The Morgan fingerprint density at radius 2 is 2.10 bits per heavy atom. The highest BCUT2D eigenvalue weighted by molar-refractivity contribution is 5.90. The van der Waals surface area contributed by atoms with Crippen molar-refractivity contribution in [3.8, 4) is 5.75 Å². The number of rotatable bonds is 5. The molecular formula is C15H19N3O3. The zero-order chi connectivity index (χ0) is 15.2. The van der Waals surface area contributed by atoms with Crippen molar-refractivity contribution in [2.24, 2.45) is 0 Å². The number of carbonyl (C=O) groups excluding carboxylic acids is 1. The minimum Gasteiger partial charge on any atom is -0.496 e. The molecule has 0 atom stereocenters. The van der Waals surface area contributed by atoms with Crippen molar-refractivity contribution in [2.75, 3.05) is 19.0 Å². The van der Waals surface area contributed by atoms with Gasteiger partial charge in [-0.1, -0.05) is 23.4 Å². The van der Waals surface area contributed by atoms with Crippen LogP contribution in [0.2, 0.25) is 0 Å². The molecule has 0 radical (unpaired) electrons. The Balaban J connectivity index is 1.85. The van der Waals surface area contributed by atoms with Gasteiger partial charge in [0.15, 0.2) is 5.76 Å². The van der Waals surface area contributed by atoms with Crippen LogP contribution < -0.4 is 15.4 Å². The Bertz CT molecular complexity index is 603. The Labute approximate surface area is 123 Å². The van der Waals surface area contributed by atoms with E-state index >= 15 is 0 Å². The Morgan fingerprint density at radius 3 is 2.76 bits per heavy atom. The highest BCUT2D eigenvalue weighted by atomic mass is 16.5. The van der Waals surface area contributed by atoms with Crippen LogP contribution in [-0.2, 0) is 6.42 Å². The first-order valence-corrected chi connectivity index (χ1v) is 6.71. The minimum absolute atomic E-state index is 0.278. The Morgan fingerprint density at radius 1 is 1.33 bits per heavy atom. The van der Waals surface area contributed by atoms with Gasteiger partial charge in [0.25, 0.3) is 0 Å². The molecule has 0 unspecified atom stereocenters. The predicted octanol–water partition coefficient (Wildman–Crippen LogP) is 2.66. The van der Waals surface area contributed by atoms with Gasteiger partial charge in [-0.15, -0.1) is 0 Å². The van der Waals surface area contributed by atoms with E-state index in [-0.39, 0.29) is 6.03 Å². The van der Waals surface area contributed by atoms with Gasteiger partial charge in [0.1, 0.15) is 17.1 Å². The monoisotopic (exact) mass is 289 g/mol. The predicted molar refractivity (Wildman–Crippen MR) is 79.7 cm³/mol. The molecule has 2 rings (SSSR count). The summed E-state index contributed by atoms with van der Waals surface area (Å²) < 4.78 is 10.3. The normalized spacial score (nSPS) is 10.2. The van der Waals surface area contributed by atoms with Crippen LogP contribution in [0.25, 0.3) is 0 Å². The van der Waals surface area contributed by atoms with Crippen LogP contribution in [0.15, 0.2) is 28.8 Å². The van der Waals surface area contributed by atoms with Gasteiger partial charge in [0.05, 0.1) is 7.11 Å². The van der Waals surface area contributed by atoms with E-state index in [0.29, 0.717) is 30.1 Å². The van der Waals surface area contributed by atoms with Crippen LogP contribution in [0, 0.1) is 13.8 Å². The largest absolute Gasteiger partial charge is 0.496 e. The lowest BCUT2D eigenvalue weighted by Crippen LogP contribution is -2.30. The number of hydrogen-bond donors (Lipinski definition) is 2. The molecule has 21 heavy (non-hydrogen) atoms. The summed E-state index contributed by atoms with van der Waals surface area (Å²) in [5, 5.41) is 9.32. The SMILES string of the molecule is COc1ccccc1CCNC(=O)Nc1c(C)noc1C. The highest BCUT2D eigenvalue weighted by Gasteiger charge is 2.11. The molecule has 0 aliphatic rings. The number of urea groups is 1. The van der Waals surface area contributed by atoms with E-state index in [2.05, 4.69) is 15.8 Å². The number of aromatic nitrogens is 1. The fourth-order valence-electron chi connectivity index (χ4n) is 2.04. The number of ether oxygens (including phenoxy) is 1. The van der Waals surface area contributed by atoms with Crippen LogP contribution in [0.5, 0.6) is 5.75 Å². The molecule has 6 heteroatoms. The maximum atomic E-state index is 11.8. The zero-order valence-electron chi connectivity index (χ0n) is 12.4. The zero-order valence-corrected chi connectivity index (χ0v) is 12.4. The number of benzene rings is 1. The number of aryl methyl sites for hydroxylation is 2. The average Bonchev–Trinajstić information content (AvgIpc) is 2.79. The van der Waals surface area contributed by atoms with Crippen molar-refractivity contribution in [1.29, 1.82) is 0 Å². The summed E-state index contributed by atoms with van der Waals surface area (Å²) >= 11 is 0. The van der Waals surface area contributed by atoms with Crippen molar-refractivity contribution in [3.63, 3.8) is 0 Å². The molecule has 2 N–H and O–H groups in total. The number of nitrogens with zero attached hydrogens (tertiary/aromatic N) is 1. The van der Waals surface area contributed by atoms with Crippen molar-refractivity contribution in [2.45, 2.75) is 20.3 Å². The maximum absolute atomic E-state index is 11.8. The van der Waals surface area contributed by atoms with Crippen LogP contribution >= 0.6 is 0 Å². The van der Waals surface area contributed by atoms with Crippen molar-refractivity contribution in [3.05, 3.63) is 41.3 Å². The van der Waals surface area contributed by atoms with E-state index in [4.69, 9.17) is 9.26 Å². The van der Waals surface area contributed by atoms with Gasteiger partial charge < -0.3 is 19.9 Å². The van der Waals surface area contributed by atoms with E-state index in [1.165, 1.54) is 0 Å². The lowest BCUT2D eigenvalue weighted by atomic mass is 10.1. The third kappa shape index (κ3) is 3.75. The fraction of sp³-hybridized carbons (Fsp3) is 0.333.